The fourth-order valence-electron chi connectivity index (χ4n) is 1.54. The first-order valence-electron chi connectivity index (χ1n) is 4.06. The van der Waals surface area contributed by atoms with E-state index in [1.165, 1.54) is 24.3 Å². The zero-order valence-electron chi connectivity index (χ0n) is 6.45. The predicted molar refractivity (Wildman–Crippen MR) is 53.6 cm³/mol. The van der Waals surface area contributed by atoms with E-state index in [-0.39, 0.29) is 0 Å². The fraction of sp³-hybridized carbons (Fsp3) is 0.556. The minimum atomic E-state index is 0.877. The number of hydrogen-bond donors (Lipinski definition) is 0. The standard InChI is InChI=1S/C9H12S2/c1-4-10-5-2-8(1)9-3-6-11-7-9/h3,6-8H,1-2,4-5H2. The molecule has 0 aliphatic carbocycles. The number of thiophene rings is 1. The van der Waals surface area contributed by atoms with E-state index in [4.69, 9.17) is 0 Å². The number of hydrogen-bond acceptors (Lipinski definition) is 2. The van der Waals surface area contributed by atoms with Crippen molar-refractivity contribution in [2.75, 3.05) is 11.5 Å². The van der Waals surface area contributed by atoms with Crippen molar-refractivity contribution in [3.05, 3.63) is 22.4 Å². The van der Waals surface area contributed by atoms with Gasteiger partial charge in [0.2, 0.25) is 0 Å². The number of rotatable bonds is 1. The highest BCUT2D eigenvalue weighted by atomic mass is 32.2. The molecule has 0 bridgehead atoms. The van der Waals surface area contributed by atoms with Crippen molar-refractivity contribution in [3.8, 4) is 0 Å². The Labute approximate surface area is 76.0 Å². The minimum Gasteiger partial charge on any atom is -0.162 e. The van der Waals surface area contributed by atoms with Crippen molar-refractivity contribution in [1.29, 1.82) is 0 Å². The van der Waals surface area contributed by atoms with Crippen LogP contribution in [-0.4, -0.2) is 11.5 Å². The van der Waals surface area contributed by atoms with Crippen molar-refractivity contribution < 1.29 is 0 Å². The molecule has 1 fully saturated rings. The van der Waals surface area contributed by atoms with Gasteiger partial charge in [-0.25, -0.2) is 0 Å². The Morgan fingerprint density at radius 3 is 2.73 bits per heavy atom. The molecule has 0 spiro atoms. The Morgan fingerprint density at radius 2 is 2.09 bits per heavy atom. The second-order valence-electron chi connectivity index (χ2n) is 2.94. The van der Waals surface area contributed by atoms with Crippen LogP contribution in [0.15, 0.2) is 16.8 Å². The second-order valence-corrected chi connectivity index (χ2v) is 4.95. The lowest BCUT2D eigenvalue weighted by molar-refractivity contribution is 0.639. The van der Waals surface area contributed by atoms with Crippen LogP contribution < -0.4 is 0 Å². The van der Waals surface area contributed by atoms with Crippen molar-refractivity contribution in [2.45, 2.75) is 18.8 Å². The van der Waals surface area contributed by atoms with Gasteiger partial charge in [-0.15, -0.1) is 0 Å². The van der Waals surface area contributed by atoms with Gasteiger partial charge in [0.05, 0.1) is 0 Å². The van der Waals surface area contributed by atoms with E-state index in [1.54, 1.807) is 5.56 Å². The third-order valence-corrected chi connectivity index (χ3v) is 3.99. The molecule has 1 aliphatic heterocycles. The van der Waals surface area contributed by atoms with Crippen LogP contribution in [0.3, 0.4) is 0 Å². The van der Waals surface area contributed by atoms with Gasteiger partial charge in [0.15, 0.2) is 0 Å². The van der Waals surface area contributed by atoms with Gasteiger partial charge in [-0.2, -0.15) is 23.1 Å². The quantitative estimate of drug-likeness (QED) is 0.645. The molecule has 0 amide bonds. The average molecular weight is 184 g/mol. The molecular formula is C9H12S2. The summed E-state index contributed by atoms with van der Waals surface area (Å²) < 4.78 is 0. The van der Waals surface area contributed by atoms with E-state index < -0.39 is 0 Å². The van der Waals surface area contributed by atoms with Gasteiger partial charge in [-0.3, -0.25) is 0 Å². The summed E-state index contributed by atoms with van der Waals surface area (Å²) in [6.45, 7) is 0. The topological polar surface area (TPSA) is 0 Å². The Bertz CT molecular complexity index is 197. The predicted octanol–water partition coefficient (Wildman–Crippen LogP) is 3.36. The first kappa shape index (κ1) is 7.69. The van der Waals surface area contributed by atoms with E-state index in [2.05, 4.69) is 28.6 Å². The van der Waals surface area contributed by atoms with Crippen molar-refractivity contribution in [3.63, 3.8) is 0 Å². The Kier molecular flexibility index (Phi) is 2.54. The first-order chi connectivity index (χ1) is 5.47. The molecule has 0 N–H and O–H groups in total. The summed E-state index contributed by atoms with van der Waals surface area (Å²) in [6.07, 6.45) is 2.78. The molecule has 2 rings (SSSR count). The molecule has 60 valence electrons. The average Bonchev–Trinajstić information content (AvgIpc) is 2.58. The van der Waals surface area contributed by atoms with E-state index in [1.807, 2.05) is 11.3 Å². The van der Waals surface area contributed by atoms with Crippen LogP contribution in [-0.2, 0) is 0 Å². The van der Waals surface area contributed by atoms with Gasteiger partial charge in [0.1, 0.15) is 0 Å². The van der Waals surface area contributed by atoms with Gasteiger partial charge in [0.25, 0.3) is 0 Å². The summed E-state index contributed by atoms with van der Waals surface area (Å²) in [4.78, 5) is 0. The molecule has 1 aliphatic rings. The van der Waals surface area contributed by atoms with E-state index in [0.717, 1.165) is 5.92 Å². The molecule has 0 nitrogen and oxygen atoms in total. The molecule has 0 saturated carbocycles. The highest BCUT2D eigenvalue weighted by Gasteiger charge is 2.15. The van der Waals surface area contributed by atoms with Gasteiger partial charge >= 0.3 is 0 Å². The molecule has 0 atom stereocenters. The van der Waals surface area contributed by atoms with E-state index in [9.17, 15) is 0 Å². The molecular weight excluding hydrogens is 172 g/mol. The van der Waals surface area contributed by atoms with Crippen molar-refractivity contribution in [2.24, 2.45) is 0 Å². The van der Waals surface area contributed by atoms with Gasteiger partial charge in [-0.05, 0) is 52.7 Å². The molecule has 2 heteroatoms. The monoisotopic (exact) mass is 184 g/mol. The fourth-order valence-corrected chi connectivity index (χ4v) is 3.39. The SMILES string of the molecule is c1cc(C2CCSCC2)cs1. The molecule has 0 radical (unpaired) electrons. The van der Waals surface area contributed by atoms with Crippen molar-refractivity contribution >= 4 is 23.1 Å². The highest BCUT2D eigenvalue weighted by Crippen LogP contribution is 2.32. The maximum Gasteiger partial charge on any atom is -0.00584 e. The van der Waals surface area contributed by atoms with Gasteiger partial charge in [-0.1, -0.05) is 0 Å². The van der Waals surface area contributed by atoms with Crippen LogP contribution in [0.4, 0.5) is 0 Å². The third-order valence-electron chi connectivity index (χ3n) is 2.24. The zero-order chi connectivity index (χ0) is 7.52. The summed E-state index contributed by atoms with van der Waals surface area (Å²) in [5.74, 6) is 3.60. The number of thioether (sulfide) groups is 1. The molecule has 1 saturated heterocycles. The second kappa shape index (κ2) is 3.63. The summed E-state index contributed by atoms with van der Waals surface area (Å²) in [5, 5.41) is 4.50. The summed E-state index contributed by atoms with van der Waals surface area (Å²) in [7, 11) is 0. The molecule has 11 heavy (non-hydrogen) atoms. The third kappa shape index (κ3) is 1.79. The van der Waals surface area contributed by atoms with Crippen LogP contribution >= 0.6 is 23.1 Å². The van der Waals surface area contributed by atoms with Crippen LogP contribution in [0.5, 0.6) is 0 Å². The van der Waals surface area contributed by atoms with Crippen LogP contribution in [0.2, 0.25) is 0 Å². The van der Waals surface area contributed by atoms with Gasteiger partial charge in [0, 0.05) is 0 Å². The van der Waals surface area contributed by atoms with Crippen molar-refractivity contribution in [1.82, 2.24) is 0 Å². The van der Waals surface area contributed by atoms with Crippen LogP contribution in [0, 0.1) is 0 Å². The van der Waals surface area contributed by atoms with Crippen LogP contribution in [0.25, 0.3) is 0 Å². The summed E-state index contributed by atoms with van der Waals surface area (Å²) >= 11 is 3.93. The lowest BCUT2D eigenvalue weighted by Gasteiger charge is -2.19. The molecule has 1 aromatic rings. The molecule has 2 heterocycles. The Hall–Kier alpha value is 0.0500. The minimum absolute atomic E-state index is 0.877. The van der Waals surface area contributed by atoms with E-state index in [0.29, 0.717) is 0 Å². The van der Waals surface area contributed by atoms with E-state index >= 15 is 0 Å². The highest BCUT2D eigenvalue weighted by molar-refractivity contribution is 7.99. The maximum atomic E-state index is 2.31. The maximum absolute atomic E-state index is 2.31. The normalized spacial score (nSPS) is 20.4. The lowest BCUT2D eigenvalue weighted by atomic mass is 9.96. The summed E-state index contributed by atoms with van der Waals surface area (Å²) in [5.41, 5.74) is 1.58. The lowest BCUT2D eigenvalue weighted by Crippen LogP contribution is -2.06. The summed E-state index contributed by atoms with van der Waals surface area (Å²) in [6, 6.07) is 2.28. The largest absolute Gasteiger partial charge is 0.162 e. The van der Waals surface area contributed by atoms with Crippen LogP contribution in [0.1, 0.15) is 24.3 Å². The first-order valence-corrected chi connectivity index (χ1v) is 6.16. The molecule has 1 aromatic heterocycles. The smallest absolute Gasteiger partial charge is 0.00584 e. The van der Waals surface area contributed by atoms with Gasteiger partial charge < -0.3 is 0 Å². The molecule has 0 aromatic carbocycles. The zero-order valence-corrected chi connectivity index (χ0v) is 8.09. The molecule has 0 unspecified atom stereocenters. The Balaban J connectivity index is 2.04. The Morgan fingerprint density at radius 1 is 1.27 bits per heavy atom.